The monoisotopic (exact) mass is 867 g/mol. The van der Waals surface area contributed by atoms with E-state index in [0.29, 0.717) is 26.2 Å². The van der Waals surface area contributed by atoms with Crippen LogP contribution in [0.25, 0.3) is 0 Å². The number of carbonyl (C=O) groups excluding carboxylic acids is 3. The summed E-state index contributed by atoms with van der Waals surface area (Å²) in [6.45, 7) is 10.7. The summed E-state index contributed by atoms with van der Waals surface area (Å²) in [4.78, 5) is 45.1. The first-order valence-corrected chi connectivity index (χ1v) is 26.1. The molecule has 0 spiro atoms. The van der Waals surface area contributed by atoms with Gasteiger partial charge in [0.2, 0.25) is 5.91 Å². The Kier molecular flexibility index (Phi) is 38.0. The van der Waals surface area contributed by atoms with Crippen LogP contribution in [0.2, 0.25) is 0 Å². The highest BCUT2D eigenvalue weighted by Crippen LogP contribution is 2.29. The maximum Gasteiger partial charge on any atom is 0.311 e. The summed E-state index contributed by atoms with van der Waals surface area (Å²) in [5.41, 5.74) is 0. The molecule has 0 aliphatic carbocycles. The minimum Gasteiger partial charge on any atom is -0.465 e. The Labute approximate surface area is 383 Å². The summed E-state index contributed by atoms with van der Waals surface area (Å²) < 4.78 is 12.3. The normalized spacial score (nSPS) is 15.9. The molecule has 0 bridgehead atoms. The third-order valence-corrected chi connectivity index (χ3v) is 12.5. The van der Waals surface area contributed by atoms with Crippen molar-refractivity contribution in [1.29, 1.82) is 0 Å². The number of hydrogen-bond acceptors (Lipinski definition) is 6. The van der Waals surface area contributed by atoms with Crippen LogP contribution < -0.4 is 0 Å². The Hall–Kier alpha value is -2.67. The molecule has 1 aliphatic heterocycles. The number of esters is 2. The zero-order valence-corrected chi connectivity index (χ0v) is 41.4. The fourth-order valence-corrected chi connectivity index (χ4v) is 8.29. The number of amides is 1. The summed E-state index contributed by atoms with van der Waals surface area (Å²) in [7, 11) is 3.90. The average Bonchev–Trinajstić information content (AvgIpc) is 3.73. The lowest BCUT2D eigenvalue weighted by Gasteiger charge is -2.21. The second-order valence-electron chi connectivity index (χ2n) is 18.6. The largest absolute Gasteiger partial charge is 0.465 e. The molecule has 1 rings (SSSR count). The second kappa shape index (κ2) is 41.1. The topological polar surface area (TPSA) is 76.2 Å². The summed E-state index contributed by atoms with van der Waals surface area (Å²) in [5.74, 6) is -1.64. The van der Waals surface area contributed by atoms with Crippen LogP contribution in [-0.2, 0) is 23.9 Å². The van der Waals surface area contributed by atoms with Crippen molar-refractivity contribution >= 4 is 17.8 Å². The minimum atomic E-state index is -0.710. The van der Waals surface area contributed by atoms with E-state index in [2.05, 4.69) is 76.3 Å². The quantitative estimate of drug-likeness (QED) is 0.0346. The number of allylic oxidation sites excluding steroid dienone is 8. The highest BCUT2D eigenvalue weighted by Gasteiger charge is 2.45. The number of ether oxygens (including phenoxy) is 2. The van der Waals surface area contributed by atoms with Crippen LogP contribution in [0.4, 0.5) is 0 Å². The highest BCUT2D eigenvalue weighted by molar-refractivity contribution is 5.86. The van der Waals surface area contributed by atoms with E-state index in [0.717, 1.165) is 103 Å². The van der Waals surface area contributed by atoms with E-state index < -0.39 is 11.8 Å². The number of unbranched alkanes of at least 4 members (excludes halogenated alkanes) is 16. The van der Waals surface area contributed by atoms with E-state index in [1.165, 1.54) is 77.0 Å². The van der Waals surface area contributed by atoms with Gasteiger partial charge in [-0.05, 0) is 154 Å². The van der Waals surface area contributed by atoms with Gasteiger partial charge in [0.15, 0.2) is 0 Å². The Morgan fingerprint density at radius 1 is 0.484 bits per heavy atom. The van der Waals surface area contributed by atoms with Crippen LogP contribution in [-0.4, -0.2) is 74.6 Å². The number of likely N-dealkylation sites (tertiary alicyclic amines) is 1. The number of nitrogens with zero attached hydrogens (tertiary/aromatic N) is 2. The lowest BCUT2D eigenvalue weighted by Crippen LogP contribution is -2.33. The zero-order chi connectivity index (χ0) is 45.3. The van der Waals surface area contributed by atoms with Gasteiger partial charge in [-0.3, -0.25) is 14.4 Å². The van der Waals surface area contributed by atoms with E-state index in [-0.39, 0.29) is 42.8 Å². The fourth-order valence-electron chi connectivity index (χ4n) is 8.29. The van der Waals surface area contributed by atoms with Crippen molar-refractivity contribution < 1.29 is 23.9 Å². The number of carbonyl (C=O) groups is 3. The molecule has 358 valence electrons. The predicted molar refractivity (Wildman–Crippen MR) is 264 cm³/mol. The molecule has 7 nitrogen and oxygen atoms in total. The van der Waals surface area contributed by atoms with E-state index in [1.54, 1.807) is 4.90 Å². The SMILES string of the molecule is CCCCC/C=C\CCCC(CCC/C=C\CCCCC)COC(=O)C1CN(C(=O)CCN(C)C)CC1C(=O)OCC(CCC/C=C\CCCCC)CCC/C=C\CCCCC. The van der Waals surface area contributed by atoms with Gasteiger partial charge in [0.05, 0.1) is 25.0 Å². The molecule has 1 saturated heterocycles. The van der Waals surface area contributed by atoms with Crippen molar-refractivity contribution in [1.82, 2.24) is 9.80 Å². The van der Waals surface area contributed by atoms with Gasteiger partial charge in [-0.25, -0.2) is 0 Å². The molecule has 7 heteroatoms. The predicted octanol–water partition coefficient (Wildman–Crippen LogP) is 14.6. The van der Waals surface area contributed by atoms with Gasteiger partial charge in [-0.1, -0.05) is 128 Å². The lowest BCUT2D eigenvalue weighted by molar-refractivity contribution is -0.160. The van der Waals surface area contributed by atoms with Crippen LogP contribution in [0.15, 0.2) is 48.6 Å². The molecule has 1 amide bonds. The Morgan fingerprint density at radius 2 is 0.774 bits per heavy atom. The lowest BCUT2D eigenvalue weighted by atomic mass is 9.94. The second-order valence-corrected chi connectivity index (χ2v) is 18.6. The summed E-state index contributed by atoms with van der Waals surface area (Å²) >= 11 is 0. The summed E-state index contributed by atoms with van der Waals surface area (Å²) in [5, 5.41) is 0. The first-order valence-electron chi connectivity index (χ1n) is 26.1. The van der Waals surface area contributed by atoms with Crippen LogP contribution in [0, 0.1) is 23.7 Å². The van der Waals surface area contributed by atoms with E-state index in [1.807, 2.05) is 19.0 Å². The molecule has 0 aromatic carbocycles. The Balaban J connectivity index is 3.01. The van der Waals surface area contributed by atoms with E-state index >= 15 is 0 Å². The number of hydrogen-bond donors (Lipinski definition) is 0. The van der Waals surface area contributed by atoms with Crippen molar-refractivity contribution in [3.05, 3.63) is 48.6 Å². The van der Waals surface area contributed by atoms with Crippen LogP contribution in [0.5, 0.6) is 0 Å². The van der Waals surface area contributed by atoms with Gasteiger partial charge >= 0.3 is 11.9 Å². The summed E-state index contributed by atoms with van der Waals surface area (Å²) in [6.07, 6.45) is 51.0. The maximum absolute atomic E-state index is 14.0. The molecular weight excluding hydrogens is 769 g/mol. The van der Waals surface area contributed by atoms with Gasteiger partial charge in [0, 0.05) is 26.1 Å². The molecule has 0 N–H and O–H groups in total. The van der Waals surface area contributed by atoms with Crippen molar-refractivity contribution in [2.75, 3.05) is 46.9 Å². The molecular formula is C55H98N2O5. The minimum absolute atomic E-state index is 0.0291. The van der Waals surface area contributed by atoms with E-state index in [4.69, 9.17) is 9.47 Å². The molecule has 0 saturated carbocycles. The molecule has 0 radical (unpaired) electrons. The van der Waals surface area contributed by atoms with Crippen molar-refractivity contribution in [2.45, 2.75) is 214 Å². The van der Waals surface area contributed by atoms with Gasteiger partial charge in [0.1, 0.15) is 0 Å². The molecule has 2 atom stereocenters. The third-order valence-electron chi connectivity index (χ3n) is 12.5. The zero-order valence-electron chi connectivity index (χ0n) is 41.4. The molecule has 0 aromatic rings. The first kappa shape index (κ1) is 57.3. The van der Waals surface area contributed by atoms with Crippen LogP contribution in [0.1, 0.15) is 214 Å². The first-order chi connectivity index (χ1) is 30.3. The Morgan fingerprint density at radius 3 is 1.05 bits per heavy atom. The molecule has 62 heavy (non-hydrogen) atoms. The average molecular weight is 867 g/mol. The van der Waals surface area contributed by atoms with Crippen molar-refractivity contribution in [2.24, 2.45) is 23.7 Å². The van der Waals surface area contributed by atoms with Crippen LogP contribution in [0.3, 0.4) is 0 Å². The molecule has 0 aromatic heterocycles. The van der Waals surface area contributed by atoms with Gasteiger partial charge in [0.25, 0.3) is 0 Å². The molecule has 2 unspecified atom stereocenters. The molecule has 1 aliphatic rings. The van der Waals surface area contributed by atoms with Crippen molar-refractivity contribution in [3.8, 4) is 0 Å². The smallest absolute Gasteiger partial charge is 0.311 e. The third kappa shape index (κ3) is 31.2. The van der Waals surface area contributed by atoms with Gasteiger partial charge in [-0.15, -0.1) is 0 Å². The van der Waals surface area contributed by atoms with Crippen molar-refractivity contribution in [3.63, 3.8) is 0 Å². The standard InChI is InChI=1S/C55H98N2O5/c1-7-11-15-19-23-27-31-35-39-49(40-36-32-28-24-20-16-12-8-2)47-61-54(59)51-45-57(53(58)43-44-56(5)6)46-52(51)55(60)62-48-50(41-37-33-29-25-21-17-13-9-3)42-38-34-30-26-22-18-14-10-4/h23-30,49-52H,7-22,31-48H2,1-6H3/b27-23-,28-24-,29-25-,30-26-. The molecule has 1 heterocycles. The maximum atomic E-state index is 14.0. The van der Waals surface area contributed by atoms with Gasteiger partial charge < -0.3 is 19.3 Å². The van der Waals surface area contributed by atoms with Gasteiger partial charge in [-0.2, -0.15) is 0 Å². The highest BCUT2D eigenvalue weighted by atomic mass is 16.5. The Bertz CT molecular complexity index is 1080. The fraction of sp³-hybridized carbons (Fsp3) is 0.800. The number of rotatable bonds is 41. The molecule has 1 fully saturated rings. The summed E-state index contributed by atoms with van der Waals surface area (Å²) in [6, 6.07) is 0. The van der Waals surface area contributed by atoms with E-state index in [9.17, 15) is 14.4 Å². The van der Waals surface area contributed by atoms with Crippen LogP contribution >= 0.6 is 0 Å².